The van der Waals surface area contributed by atoms with Crippen molar-refractivity contribution in [2.24, 2.45) is 0 Å². The number of unbranched alkanes of at least 4 members (excludes halogenated alkanes) is 32. The summed E-state index contributed by atoms with van der Waals surface area (Å²) in [4.78, 5) is 13.4. The molecule has 0 unspecified atom stereocenters. The molecule has 1 amide bonds. The Labute approximate surface area is 435 Å². The molecule has 0 saturated carbocycles. The standard InChI is InChI=1S/C56H109NO15/c1-3-5-7-9-11-13-15-17-19-20-21-22-23-24-26-28-30-32-34-36-38-44(61)54(68)57-42(47(63)43(60)37-35-33-31-29-27-25-18-16-14-12-10-8-6-4-2)41-69-55-51(67)53(48(64)46(40-59)70-55)72-56-50(66)49(65)52(71-56)45(62)39-58/h42-53,55-56,58-67H,3-41H2,1-2H3,(H,57,68)/t42-,43+,44+,45+,46+,47-,48-,49+,50+,51+,52-,53-,55-,56-/m0/s1. The summed E-state index contributed by atoms with van der Waals surface area (Å²) < 4.78 is 22.6. The smallest absolute Gasteiger partial charge is 0.249 e. The molecule has 0 radical (unpaired) electrons. The fraction of sp³-hybridized carbons (Fsp3) is 0.982. The second-order valence-electron chi connectivity index (χ2n) is 21.4. The van der Waals surface area contributed by atoms with Gasteiger partial charge in [-0.15, -0.1) is 0 Å². The molecule has 14 atom stereocenters. The predicted molar refractivity (Wildman–Crippen MR) is 280 cm³/mol. The van der Waals surface area contributed by atoms with E-state index in [0.29, 0.717) is 12.8 Å². The molecule has 16 heteroatoms. The van der Waals surface area contributed by atoms with E-state index < -0.39 is 111 Å². The van der Waals surface area contributed by atoms with Crippen molar-refractivity contribution < 1.29 is 74.8 Å². The van der Waals surface area contributed by atoms with Gasteiger partial charge in [-0.05, 0) is 12.8 Å². The average molecular weight is 1040 g/mol. The first-order chi connectivity index (χ1) is 34.9. The van der Waals surface area contributed by atoms with Gasteiger partial charge >= 0.3 is 0 Å². The lowest BCUT2D eigenvalue weighted by atomic mass is 9.98. The molecule has 2 rings (SSSR count). The molecule has 0 aromatic carbocycles. The number of carbonyl (C=O) groups is 1. The van der Waals surface area contributed by atoms with Crippen molar-refractivity contribution in [3.8, 4) is 0 Å². The van der Waals surface area contributed by atoms with Crippen molar-refractivity contribution in [1.82, 2.24) is 5.32 Å². The average Bonchev–Trinajstić information content (AvgIpc) is 3.66. The monoisotopic (exact) mass is 1040 g/mol. The Balaban J connectivity index is 1.85. The third kappa shape index (κ3) is 28.3. The van der Waals surface area contributed by atoms with Gasteiger partial charge in [-0.1, -0.05) is 232 Å². The van der Waals surface area contributed by atoms with E-state index in [4.69, 9.17) is 18.9 Å². The summed E-state index contributed by atoms with van der Waals surface area (Å²) in [5, 5.41) is 109. The van der Waals surface area contributed by atoms with Crippen molar-refractivity contribution >= 4 is 5.91 Å². The quantitative estimate of drug-likeness (QED) is 0.0268. The molecule has 2 aliphatic heterocycles. The number of amides is 1. The molecule has 428 valence electrons. The van der Waals surface area contributed by atoms with Gasteiger partial charge in [0, 0.05) is 0 Å². The van der Waals surface area contributed by atoms with Crippen LogP contribution in [0.4, 0.5) is 0 Å². The maximum atomic E-state index is 13.4. The van der Waals surface area contributed by atoms with Crippen LogP contribution in [0.3, 0.4) is 0 Å². The fourth-order valence-electron chi connectivity index (χ4n) is 10.1. The molecule has 0 spiro atoms. The molecular formula is C56H109NO15. The number of aliphatic hydroxyl groups is 10. The van der Waals surface area contributed by atoms with Crippen molar-refractivity contribution in [3.63, 3.8) is 0 Å². The lowest BCUT2D eigenvalue weighted by Crippen LogP contribution is -2.62. The minimum atomic E-state index is -1.82. The van der Waals surface area contributed by atoms with Crippen LogP contribution in [0.25, 0.3) is 0 Å². The van der Waals surface area contributed by atoms with Crippen molar-refractivity contribution in [2.45, 2.75) is 331 Å². The number of carbonyl (C=O) groups excluding carboxylic acids is 1. The predicted octanol–water partition coefficient (Wildman–Crippen LogP) is 7.28. The summed E-state index contributed by atoms with van der Waals surface area (Å²) in [5.74, 6) is -0.760. The van der Waals surface area contributed by atoms with Gasteiger partial charge in [0.1, 0.15) is 61.0 Å². The number of hydrogen-bond donors (Lipinski definition) is 11. The molecular weight excluding hydrogens is 927 g/mol. The van der Waals surface area contributed by atoms with Crippen molar-refractivity contribution in [2.75, 3.05) is 19.8 Å². The highest BCUT2D eigenvalue weighted by Crippen LogP contribution is 2.31. The molecule has 0 aromatic rings. The first kappa shape index (κ1) is 67.0. The van der Waals surface area contributed by atoms with Gasteiger partial charge in [-0.2, -0.15) is 0 Å². The Kier molecular flexibility index (Phi) is 40.0. The summed E-state index contributed by atoms with van der Waals surface area (Å²) in [6, 6.07) is -1.28. The summed E-state index contributed by atoms with van der Waals surface area (Å²) >= 11 is 0. The van der Waals surface area contributed by atoms with Gasteiger partial charge in [0.25, 0.3) is 0 Å². The highest BCUT2D eigenvalue weighted by molar-refractivity contribution is 5.80. The molecule has 0 aromatic heterocycles. The van der Waals surface area contributed by atoms with Crippen molar-refractivity contribution in [1.29, 1.82) is 0 Å². The first-order valence-electron chi connectivity index (χ1n) is 29.5. The normalized spacial score (nSPS) is 25.6. The van der Waals surface area contributed by atoms with E-state index in [1.54, 1.807) is 0 Å². The number of hydrogen-bond acceptors (Lipinski definition) is 15. The second-order valence-corrected chi connectivity index (χ2v) is 21.4. The molecule has 2 saturated heterocycles. The van der Waals surface area contributed by atoms with Gasteiger partial charge in [0.15, 0.2) is 12.6 Å². The van der Waals surface area contributed by atoms with Crippen LogP contribution in [0.15, 0.2) is 0 Å². The van der Waals surface area contributed by atoms with Gasteiger partial charge in [0.05, 0.1) is 32.0 Å². The van der Waals surface area contributed by atoms with Crippen LogP contribution in [0.2, 0.25) is 0 Å². The van der Waals surface area contributed by atoms with E-state index in [-0.39, 0.29) is 12.8 Å². The van der Waals surface area contributed by atoms with E-state index in [1.807, 2.05) is 0 Å². The van der Waals surface area contributed by atoms with Crippen LogP contribution in [0.1, 0.15) is 245 Å². The maximum absolute atomic E-state index is 13.4. The Morgan fingerprint density at radius 2 is 0.903 bits per heavy atom. The molecule has 2 fully saturated rings. The third-order valence-corrected chi connectivity index (χ3v) is 15.0. The maximum Gasteiger partial charge on any atom is 0.249 e. The van der Waals surface area contributed by atoms with Gasteiger partial charge in [0.2, 0.25) is 5.91 Å². The highest BCUT2D eigenvalue weighted by Gasteiger charge is 2.52. The van der Waals surface area contributed by atoms with Gasteiger partial charge in [-0.25, -0.2) is 0 Å². The Morgan fingerprint density at radius 1 is 0.500 bits per heavy atom. The fourth-order valence-corrected chi connectivity index (χ4v) is 10.1. The lowest BCUT2D eigenvalue weighted by Gasteiger charge is -2.43. The zero-order valence-corrected chi connectivity index (χ0v) is 45.2. The van der Waals surface area contributed by atoms with Crippen LogP contribution in [0.5, 0.6) is 0 Å². The third-order valence-electron chi connectivity index (χ3n) is 15.0. The highest BCUT2D eigenvalue weighted by atomic mass is 16.7. The topological polar surface area (TPSA) is 268 Å². The van der Waals surface area contributed by atoms with E-state index >= 15 is 0 Å². The molecule has 72 heavy (non-hydrogen) atoms. The SMILES string of the molecule is CCCCCCCCCCCCCCCCCCCCCC[C@@H](O)C(=O)N[C@@H](CO[C@H]1O[C@H](CO)[C@H](O)[C@H](O[C@@H]2O[C@@H]([C@H](O)CO)[C@H](O)[C@H]2O)[C@H]1O)[C@H](O)[C@H](O)CCCCCCCCCCCCCCCC. The summed E-state index contributed by atoms with van der Waals surface area (Å²) in [7, 11) is 0. The Hall–Kier alpha value is -1.09. The van der Waals surface area contributed by atoms with Crippen LogP contribution in [0, 0.1) is 0 Å². The zero-order chi connectivity index (χ0) is 52.8. The lowest BCUT2D eigenvalue weighted by molar-refractivity contribution is -0.332. The van der Waals surface area contributed by atoms with Gasteiger partial charge < -0.3 is 75.3 Å². The van der Waals surface area contributed by atoms with E-state index in [1.165, 1.54) is 161 Å². The van der Waals surface area contributed by atoms with Crippen molar-refractivity contribution in [3.05, 3.63) is 0 Å². The molecule has 0 aliphatic carbocycles. The Bertz CT molecular complexity index is 1260. The zero-order valence-electron chi connectivity index (χ0n) is 45.2. The summed E-state index contributed by atoms with van der Waals surface area (Å²) in [5.41, 5.74) is 0. The largest absolute Gasteiger partial charge is 0.394 e. The van der Waals surface area contributed by atoms with E-state index in [9.17, 15) is 55.9 Å². The number of rotatable bonds is 48. The number of aliphatic hydroxyl groups excluding tert-OH is 10. The molecule has 11 N–H and O–H groups in total. The molecule has 2 aliphatic rings. The first-order valence-corrected chi connectivity index (χ1v) is 29.5. The Morgan fingerprint density at radius 3 is 1.31 bits per heavy atom. The van der Waals surface area contributed by atoms with Crippen LogP contribution in [-0.2, 0) is 23.7 Å². The molecule has 16 nitrogen and oxygen atoms in total. The van der Waals surface area contributed by atoms with Gasteiger partial charge in [-0.3, -0.25) is 4.79 Å². The molecule has 0 bridgehead atoms. The van der Waals surface area contributed by atoms with Crippen LogP contribution in [-0.4, -0.2) is 163 Å². The summed E-state index contributed by atoms with van der Waals surface area (Å²) in [6.07, 6.45) is 21.2. The summed E-state index contributed by atoms with van der Waals surface area (Å²) in [6.45, 7) is 2.41. The minimum absolute atomic E-state index is 0.204. The van der Waals surface area contributed by atoms with Crippen LogP contribution < -0.4 is 5.32 Å². The molecule has 2 heterocycles. The van der Waals surface area contributed by atoms with E-state index in [0.717, 1.165) is 44.9 Å². The second kappa shape index (κ2) is 43.0. The number of ether oxygens (including phenoxy) is 4. The number of nitrogens with one attached hydrogen (secondary N) is 1. The van der Waals surface area contributed by atoms with E-state index in [2.05, 4.69) is 19.2 Å². The van der Waals surface area contributed by atoms with Crippen LogP contribution >= 0.6 is 0 Å². The minimum Gasteiger partial charge on any atom is -0.394 e.